The molecule has 0 radical (unpaired) electrons. The lowest BCUT2D eigenvalue weighted by Crippen LogP contribution is -2.41. The molecule has 2 fully saturated rings. The highest BCUT2D eigenvalue weighted by atomic mass is 35.5. The van der Waals surface area contributed by atoms with Crippen molar-refractivity contribution in [2.24, 2.45) is 11.8 Å². The summed E-state index contributed by atoms with van der Waals surface area (Å²) in [5.74, 6) is 2.45. The Morgan fingerprint density at radius 1 is 1.29 bits per heavy atom. The van der Waals surface area contributed by atoms with Crippen molar-refractivity contribution >= 4 is 28.1 Å². The van der Waals surface area contributed by atoms with Crippen molar-refractivity contribution in [1.82, 2.24) is 4.98 Å². The van der Waals surface area contributed by atoms with Gasteiger partial charge in [-0.15, -0.1) is 22.9 Å². The molecule has 94 valence electrons. The van der Waals surface area contributed by atoms with Crippen LogP contribution in [0.25, 0.3) is 0 Å². The molecule has 1 aromatic rings. The predicted octanol–water partition coefficient (Wildman–Crippen LogP) is 3.90. The van der Waals surface area contributed by atoms with Crippen molar-refractivity contribution in [2.75, 3.05) is 18.0 Å². The first kappa shape index (κ1) is 11.8. The lowest BCUT2D eigenvalue weighted by molar-refractivity contribution is 0.202. The van der Waals surface area contributed by atoms with Crippen LogP contribution >= 0.6 is 22.9 Å². The minimum absolute atomic E-state index is 0.538. The van der Waals surface area contributed by atoms with E-state index in [1.807, 2.05) is 0 Å². The molecule has 3 rings (SSSR count). The van der Waals surface area contributed by atoms with Crippen LogP contribution in [0.2, 0.25) is 0 Å². The van der Waals surface area contributed by atoms with Gasteiger partial charge in [-0.25, -0.2) is 4.98 Å². The number of hydrogen-bond donors (Lipinski definition) is 0. The maximum Gasteiger partial charge on any atom is 0.185 e. The van der Waals surface area contributed by atoms with Crippen molar-refractivity contribution < 1.29 is 0 Å². The SMILES string of the molecule is ClCc1csc(N2CCC3CCCCC3C2)n1. The number of alkyl halides is 1. The second-order valence-corrected chi connectivity index (χ2v) is 6.40. The molecule has 0 aromatic carbocycles. The van der Waals surface area contributed by atoms with E-state index < -0.39 is 0 Å². The summed E-state index contributed by atoms with van der Waals surface area (Å²) in [7, 11) is 0. The van der Waals surface area contributed by atoms with E-state index in [4.69, 9.17) is 11.6 Å². The van der Waals surface area contributed by atoms with Gasteiger partial charge >= 0.3 is 0 Å². The van der Waals surface area contributed by atoms with Gasteiger partial charge in [0.25, 0.3) is 0 Å². The number of anilines is 1. The van der Waals surface area contributed by atoms with E-state index in [1.54, 1.807) is 11.3 Å². The average Bonchev–Trinajstić information content (AvgIpc) is 2.87. The highest BCUT2D eigenvalue weighted by Crippen LogP contribution is 2.38. The van der Waals surface area contributed by atoms with Crippen molar-refractivity contribution in [3.05, 3.63) is 11.1 Å². The molecule has 1 aliphatic carbocycles. The monoisotopic (exact) mass is 270 g/mol. The summed E-state index contributed by atoms with van der Waals surface area (Å²) in [5, 5.41) is 3.28. The molecule has 1 saturated carbocycles. The molecule has 1 aromatic heterocycles. The standard InChI is InChI=1S/C13H19ClN2S/c14-7-12-9-17-13(15-12)16-6-5-10-3-1-2-4-11(10)8-16/h9-11H,1-8H2. The minimum atomic E-state index is 0.538. The molecule has 2 heterocycles. The van der Waals surface area contributed by atoms with Gasteiger partial charge in [0.1, 0.15) is 0 Å². The Morgan fingerprint density at radius 3 is 2.88 bits per heavy atom. The molecule has 2 unspecified atom stereocenters. The summed E-state index contributed by atoms with van der Waals surface area (Å²) in [6, 6.07) is 0. The number of halogens is 1. The van der Waals surface area contributed by atoms with Crippen LogP contribution in [0.1, 0.15) is 37.8 Å². The Balaban J connectivity index is 1.68. The Hall–Kier alpha value is -0.280. The highest BCUT2D eigenvalue weighted by Gasteiger charge is 2.31. The zero-order chi connectivity index (χ0) is 11.7. The van der Waals surface area contributed by atoms with Crippen LogP contribution < -0.4 is 4.90 Å². The highest BCUT2D eigenvalue weighted by molar-refractivity contribution is 7.13. The summed E-state index contributed by atoms with van der Waals surface area (Å²) < 4.78 is 0. The van der Waals surface area contributed by atoms with Crippen molar-refractivity contribution in [3.8, 4) is 0 Å². The van der Waals surface area contributed by atoms with Gasteiger partial charge in [-0.3, -0.25) is 0 Å². The second kappa shape index (κ2) is 5.15. The average molecular weight is 271 g/mol. The van der Waals surface area contributed by atoms with Crippen molar-refractivity contribution in [1.29, 1.82) is 0 Å². The van der Waals surface area contributed by atoms with Crippen LogP contribution in [-0.4, -0.2) is 18.1 Å². The fourth-order valence-electron chi connectivity index (χ4n) is 3.28. The maximum absolute atomic E-state index is 5.82. The quantitative estimate of drug-likeness (QED) is 0.758. The van der Waals surface area contributed by atoms with Gasteiger partial charge in [-0.2, -0.15) is 0 Å². The molecule has 17 heavy (non-hydrogen) atoms. The zero-order valence-electron chi connectivity index (χ0n) is 10.1. The van der Waals surface area contributed by atoms with Gasteiger partial charge in [0.2, 0.25) is 0 Å². The van der Waals surface area contributed by atoms with E-state index in [2.05, 4.69) is 15.3 Å². The molecule has 0 amide bonds. The van der Waals surface area contributed by atoms with Crippen LogP contribution in [-0.2, 0) is 5.88 Å². The first-order chi connectivity index (χ1) is 8.36. The lowest BCUT2D eigenvalue weighted by atomic mass is 9.75. The largest absolute Gasteiger partial charge is 0.348 e. The molecular formula is C13H19ClN2S. The fourth-order valence-corrected chi connectivity index (χ4v) is 4.37. The van der Waals surface area contributed by atoms with Crippen LogP contribution in [0, 0.1) is 11.8 Å². The molecule has 1 aliphatic heterocycles. The molecule has 2 nitrogen and oxygen atoms in total. The Morgan fingerprint density at radius 2 is 2.12 bits per heavy atom. The van der Waals surface area contributed by atoms with Crippen LogP contribution in [0.3, 0.4) is 0 Å². The fraction of sp³-hybridized carbons (Fsp3) is 0.769. The molecule has 1 saturated heterocycles. The third kappa shape index (κ3) is 2.45. The van der Waals surface area contributed by atoms with Crippen LogP contribution in [0.4, 0.5) is 5.13 Å². The molecule has 2 atom stereocenters. The molecule has 2 aliphatic rings. The van der Waals surface area contributed by atoms with Gasteiger partial charge < -0.3 is 4.90 Å². The Bertz CT molecular complexity index is 379. The molecule has 0 spiro atoms. The zero-order valence-corrected chi connectivity index (χ0v) is 11.6. The minimum Gasteiger partial charge on any atom is -0.348 e. The van der Waals surface area contributed by atoms with E-state index >= 15 is 0 Å². The lowest BCUT2D eigenvalue weighted by Gasteiger charge is -2.41. The van der Waals surface area contributed by atoms with E-state index in [9.17, 15) is 0 Å². The third-order valence-corrected chi connectivity index (χ3v) is 5.46. The molecular weight excluding hydrogens is 252 g/mol. The van der Waals surface area contributed by atoms with E-state index in [0.29, 0.717) is 5.88 Å². The summed E-state index contributed by atoms with van der Waals surface area (Å²) in [6.45, 7) is 2.41. The van der Waals surface area contributed by atoms with Gasteiger partial charge in [0.15, 0.2) is 5.13 Å². The molecule has 0 N–H and O–H groups in total. The van der Waals surface area contributed by atoms with E-state index in [-0.39, 0.29) is 0 Å². The second-order valence-electron chi connectivity index (χ2n) is 5.29. The van der Waals surface area contributed by atoms with E-state index in [1.165, 1.54) is 50.3 Å². The first-order valence-corrected chi connectivity index (χ1v) is 8.03. The Labute approximate surface area is 112 Å². The normalized spacial score (nSPS) is 29.1. The summed E-state index contributed by atoms with van der Waals surface area (Å²) in [5.41, 5.74) is 1.03. The summed E-state index contributed by atoms with van der Waals surface area (Å²) >= 11 is 7.57. The van der Waals surface area contributed by atoms with Gasteiger partial charge in [0, 0.05) is 18.5 Å². The van der Waals surface area contributed by atoms with Gasteiger partial charge in [0.05, 0.1) is 11.6 Å². The maximum atomic E-state index is 5.82. The smallest absolute Gasteiger partial charge is 0.185 e. The van der Waals surface area contributed by atoms with Gasteiger partial charge in [-0.1, -0.05) is 19.3 Å². The molecule has 4 heteroatoms. The summed E-state index contributed by atoms with van der Waals surface area (Å²) in [6.07, 6.45) is 7.13. The number of nitrogens with zero attached hydrogens (tertiary/aromatic N) is 2. The number of rotatable bonds is 2. The summed E-state index contributed by atoms with van der Waals surface area (Å²) in [4.78, 5) is 7.08. The van der Waals surface area contributed by atoms with Gasteiger partial charge in [-0.05, 0) is 24.7 Å². The van der Waals surface area contributed by atoms with E-state index in [0.717, 1.165) is 17.5 Å². The predicted molar refractivity (Wildman–Crippen MR) is 73.9 cm³/mol. The van der Waals surface area contributed by atoms with Crippen LogP contribution in [0.5, 0.6) is 0 Å². The Kier molecular flexibility index (Phi) is 3.57. The van der Waals surface area contributed by atoms with Crippen molar-refractivity contribution in [2.45, 2.75) is 38.0 Å². The van der Waals surface area contributed by atoms with Crippen LogP contribution in [0.15, 0.2) is 5.38 Å². The number of aromatic nitrogens is 1. The number of thiazole rings is 1. The number of piperidine rings is 1. The molecule has 0 bridgehead atoms. The van der Waals surface area contributed by atoms with Crippen molar-refractivity contribution in [3.63, 3.8) is 0 Å². The number of fused-ring (bicyclic) bond motifs is 1. The topological polar surface area (TPSA) is 16.1 Å². The third-order valence-electron chi connectivity index (χ3n) is 4.24. The number of hydrogen-bond acceptors (Lipinski definition) is 3. The first-order valence-electron chi connectivity index (χ1n) is 6.62.